The summed E-state index contributed by atoms with van der Waals surface area (Å²) in [6.45, 7) is 6.68. The van der Waals surface area contributed by atoms with E-state index in [1.165, 1.54) is 5.56 Å². The van der Waals surface area contributed by atoms with Crippen LogP contribution in [0.2, 0.25) is 0 Å². The van der Waals surface area contributed by atoms with E-state index >= 15 is 0 Å². The van der Waals surface area contributed by atoms with Gasteiger partial charge in [-0.3, -0.25) is 0 Å². The van der Waals surface area contributed by atoms with Crippen molar-refractivity contribution < 1.29 is 14.6 Å². The number of hydrogen-bond acceptors (Lipinski definition) is 4. The largest absolute Gasteiger partial charge is 0.491 e. The zero-order valence-corrected chi connectivity index (χ0v) is 13.1. The van der Waals surface area contributed by atoms with E-state index in [9.17, 15) is 5.11 Å². The average molecular weight is 293 g/mol. The summed E-state index contributed by atoms with van der Waals surface area (Å²) in [4.78, 5) is 0. The van der Waals surface area contributed by atoms with Crippen LogP contribution >= 0.6 is 0 Å². The number of benzene rings is 1. The van der Waals surface area contributed by atoms with Gasteiger partial charge in [0.25, 0.3) is 0 Å². The van der Waals surface area contributed by atoms with Gasteiger partial charge in [-0.2, -0.15) is 0 Å². The summed E-state index contributed by atoms with van der Waals surface area (Å²) in [5.74, 6) is 0.803. The third-order valence-corrected chi connectivity index (χ3v) is 3.95. The minimum atomic E-state index is -0.513. The molecule has 4 heteroatoms. The van der Waals surface area contributed by atoms with E-state index in [4.69, 9.17) is 9.47 Å². The monoisotopic (exact) mass is 293 g/mol. The maximum atomic E-state index is 9.94. The van der Waals surface area contributed by atoms with E-state index in [0.717, 1.165) is 38.2 Å². The standard InChI is InChI=1S/C17H27NO3/c1-3-14-5-7-16(8-6-14)20-12-15(19)11-18-13-17(2)9-4-10-21-17/h5-8,15,18-19H,3-4,9-13H2,1-2H3. The molecule has 1 aliphatic rings. The third-order valence-electron chi connectivity index (χ3n) is 3.95. The highest BCUT2D eigenvalue weighted by Gasteiger charge is 2.29. The van der Waals surface area contributed by atoms with Crippen molar-refractivity contribution in [3.63, 3.8) is 0 Å². The maximum absolute atomic E-state index is 9.94. The van der Waals surface area contributed by atoms with Crippen LogP contribution < -0.4 is 10.1 Å². The Kier molecular flexibility index (Phi) is 6.03. The molecule has 2 rings (SSSR count). The van der Waals surface area contributed by atoms with Crippen LogP contribution in [-0.2, 0) is 11.2 Å². The van der Waals surface area contributed by atoms with Gasteiger partial charge in [-0.05, 0) is 43.9 Å². The lowest BCUT2D eigenvalue weighted by atomic mass is 10.0. The molecule has 1 aliphatic heterocycles. The highest BCUT2D eigenvalue weighted by molar-refractivity contribution is 5.27. The number of nitrogens with one attached hydrogen (secondary N) is 1. The molecular formula is C17H27NO3. The molecule has 1 saturated heterocycles. The molecule has 1 aromatic carbocycles. The average Bonchev–Trinajstić information content (AvgIpc) is 2.92. The molecular weight excluding hydrogens is 266 g/mol. The Balaban J connectivity index is 1.63. The Bertz CT molecular complexity index is 413. The molecule has 0 bridgehead atoms. The van der Waals surface area contributed by atoms with E-state index in [0.29, 0.717) is 13.2 Å². The van der Waals surface area contributed by atoms with Crippen LogP contribution in [0.25, 0.3) is 0 Å². The fourth-order valence-corrected chi connectivity index (χ4v) is 2.55. The fraction of sp³-hybridized carbons (Fsp3) is 0.647. The van der Waals surface area contributed by atoms with Crippen molar-refractivity contribution in [2.75, 3.05) is 26.3 Å². The molecule has 2 unspecified atom stereocenters. The van der Waals surface area contributed by atoms with Gasteiger partial charge in [-0.15, -0.1) is 0 Å². The minimum absolute atomic E-state index is 0.0729. The molecule has 118 valence electrons. The molecule has 2 atom stereocenters. The van der Waals surface area contributed by atoms with Gasteiger partial charge in [0.05, 0.1) is 5.60 Å². The number of ether oxygens (including phenoxy) is 2. The van der Waals surface area contributed by atoms with Gasteiger partial charge in [0.1, 0.15) is 18.5 Å². The predicted molar refractivity (Wildman–Crippen MR) is 83.8 cm³/mol. The summed E-state index contributed by atoms with van der Waals surface area (Å²) in [6, 6.07) is 8.01. The van der Waals surface area contributed by atoms with Crippen LogP contribution in [0, 0.1) is 0 Å². The van der Waals surface area contributed by atoms with Crippen molar-refractivity contribution in [2.24, 2.45) is 0 Å². The molecule has 0 amide bonds. The van der Waals surface area contributed by atoms with E-state index < -0.39 is 6.10 Å². The molecule has 2 N–H and O–H groups in total. The van der Waals surface area contributed by atoms with Gasteiger partial charge in [-0.1, -0.05) is 19.1 Å². The van der Waals surface area contributed by atoms with Gasteiger partial charge >= 0.3 is 0 Å². The fourth-order valence-electron chi connectivity index (χ4n) is 2.55. The normalized spacial score (nSPS) is 23.2. The molecule has 0 radical (unpaired) electrons. The Morgan fingerprint density at radius 1 is 1.38 bits per heavy atom. The molecule has 21 heavy (non-hydrogen) atoms. The zero-order valence-electron chi connectivity index (χ0n) is 13.1. The maximum Gasteiger partial charge on any atom is 0.119 e. The molecule has 0 aromatic heterocycles. The second-order valence-electron chi connectivity index (χ2n) is 6.00. The van der Waals surface area contributed by atoms with Crippen molar-refractivity contribution in [1.82, 2.24) is 5.32 Å². The Hall–Kier alpha value is -1.10. The van der Waals surface area contributed by atoms with Gasteiger partial charge in [0.15, 0.2) is 0 Å². The van der Waals surface area contributed by atoms with Gasteiger partial charge in [0.2, 0.25) is 0 Å². The lowest BCUT2D eigenvalue weighted by Crippen LogP contribution is -2.41. The van der Waals surface area contributed by atoms with Crippen LogP contribution in [-0.4, -0.2) is 43.1 Å². The van der Waals surface area contributed by atoms with Crippen LogP contribution in [0.3, 0.4) is 0 Å². The van der Waals surface area contributed by atoms with Crippen molar-refractivity contribution >= 4 is 0 Å². The molecule has 1 fully saturated rings. The van der Waals surface area contributed by atoms with Crippen LogP contribution in [0.5, 0.6) is 5.75 Å². The van der Waals surface area contributed by atoms with Gasteiger partial charge in [0, 0.05) is 19.7 Å². The van der Waals surface area contributed by atoms with Crippen molar-refractivity contribution in [3.05, 3.63) is 29.8 Å². The molecule has 1 heterocycles. The quantitative estimate of drug-likeness (QED) is 0.771. The second kappa shape index (κ2) is 7.78. The number of rotatable bonds is 8. The van der Waals surface area contributed by atoms with E-state index in [1.54, 1.807) is 0 Å². The lowest BCUT2D eigenvalue weighted by Gasteiger charge is -2.24. The summed E-state index contributed by atoms with van der Waals surface area (Å²) < 4.78 is 11.3. The van der Waals surface area contributed by atoms with E-state index in [1.807, 2.05) is 12.1 Å². The summed E-state index contributed by atoms with van der Waals surface area (Å²) in [7, 11) is 0. The number of hydrogen-bond donors (Lipinski definition) is 2. The van der Waals surface area contributed by atoms with E-state index in [-0.39, 0.29) is 5.60 Å². The van der Waals surface area contributed by atoms with E-state index in [2.05, 4.69) is 31.3 Å². The predicted octanol–water partition coefficient (Wildman–Crippen LogP) is 2.15. The second-order valence-corrected chi connectivity index (χ2v) is 6.00. The summed E-state index contributed by atoms with van der Waals surface area (Å²) in [6.07, 6.45) is 2.71. The summed E-state index contributed by atoms with van der Waals surface area (Å²) in [5, 5.41) is 13.2. The molecule has 1 aromatic rings. The lowest BCUT2D eigenvalue weighted by molar-refractivity contribution is 0.0170. The van der Waals surface area contributed by atoms with Gasteiger partial charge in [-0.25, -0.2) is 0 Å². The van der Waals surface area contributed by atoms with Crippen molar-refractivity contribution in [2.45, 2.75) is 44.8 Å². The SMILES string of the molecule is CCc1ccc(OCC(O)CNCC2(C)CCCO2)cc1. The highest BCUT2D eigenvalue weighted by Crippen LogP contribution is 2.23. The highest BCUT2D eigenvalue weighted by atomic mass is 16.5. The number of aliphatic hydroxyl groups excluding tert-OH is 1. The third kappa shape index (κ3) is 5.30. The zero-order chi connectivity index (χ0) is 15.1. The number of aryl methyl sites for hydroxylation is 1. The van der Waals surface area contributed by atoms with Crippen molar-refractivity contribution in [3.8, 4) is 5.75 Å². The Morgan fingerprint density at radius 2 is 2.14 bits per heavy atom. The van der Waals surface area contributed by atoms with Crippen LogP contribution in [0.1, 0.15) is 32.3 Å². The first kappa shape index (κ1) is 16.3. The Labute approximate surface area is 127 Å². The van der Waals surface area contributed by atoms with Gasteiger partial charge < -0.3 is 19.9 Å². The Morgan fingerprint density at radius 3 is 2.76 bits per heavy atom. The van der Waals surface area contributed by atoms with Crippen LogP contribution in [0.4, 0.5) is 0 Å². The molecule has 0 spiro atoms. The van der Waals surface area contributed by atoms with Crippen molar-refractivity contribution in [1.29, 1.82) is 0 Å². The summed E-state index contributed by atoms with van der Waals surface area (Å²) >= 11 is 0. The first-order valence-corrected chi connectivity index (χ1v) is 7.86. The molecule has 4 nitrogen and oxygen atoms in total. The number of aliphatic hydroxyl groups is 1. The molecule has 0 aliphatic carbocycles. The van der Waals surface area contributed by atoms with Crippen LogP contribution in [0.15, 0.2) is 24.3 Å². The smallest absolute Gasteiger partial charge is 0.119 e. The first-order valence-electron chi connectivity index (χ1n) is 7.86. The first-order chi connectivity index (χ1) is 10.1. The minimum Gasteiger partial charge on any atom is -0.491 e. The topological polar surface area (TPSA) is 50.7 Å². The summed E-state index contributed by atoms with van der Waals surface area (Å²) in [5.41, 5.74) is 1.21. The molecule has 0 saturated carbocycles.